The van der Waals surface area contributed by atoms with E-state index in [-0.39, 0.29) is 0 Å². The fourth-order valence-corrected chi connectivity index (χ4v) is 4.04. The van der Waals surface area contributed by atoms with E-state index in [4.69, 9.17) is 0 Å². The molecule has 0 aromatic rings. The van der Waals surface area contributed by atoms with Crippen molar-refractivity contribution in [2.24, 2.45) is 11.8 Å². The van der Waals surface area contributed by atoms with Crippen molar-refractivity contribution in [1.29, 1.82) is 0 Å². The molecule has 2 nitrogen and oxygen atoms in total. The van der Waals surface area contributed by atoms with Crippen LogP contribution in [-0.4, -0.2) is 36.6 Å². The Kier molecular flexibility index (Phi) is 6.75. The molecular weight excluding hydrogens is 256 g/mol. The monoisotopic (exact) mass is 292 g/mol. The van der Waals surface area contributed by atoms with Crippen molar-refractivity contribution in [3.8, 4) is 0 Å². The Morgan fingerprint density at radius 2 is 1.90 bits per heavy atom. The maximum absolute atomic E-state index is 3.90. The summed E-state index contributed by atoms with van der Waals surface area (Å²) in [6.45, 7) is 12.7. The number of piperazine rings is 1. The van der Waals surface area contributed by atoms with Crippen LogP contribution < -0.4 is 5.32 Å². The van der Waals surface area contributed by atoms with E-state index in [1.54, 1.807) is 0 Å². The number of nitrogens with one attached hydrogen (secondary N) is 1. The third-order valence-corrected chi connectivity index (χ3v) is 5.26. The molecule has 2 aliphatic rings. The SMILES string of the molecule is CC(C)=CCN1CC(C2CCCCC2)NCC1CC(C)C. The first kappa shape index (κ1) is 17.0. The first-order valence-corrected chi connectivity index (χ1v) is 9.17. The Morgan fingerprint density at radius 1 is 1.19 bits per heavy atom. The summed E-state index contributed by atoms with van der Waals surface area (Å²) in [5.41, 5.74) is 1.45. The molecule has 0 amide bonds. The quantitative estimate of drug-likeness (QED) is 0.763. The molecule has 2 rings (SSSR count). The molecule has 0 spiro atoms. The van der Waals surface area contributed by atoms with Crippen molar-refractivity contribution in [3.05, 3.63) is 11.6 Å². The zero-order chi connectivity index (χ0) is 15.2. The van der Waals surface area contributed by atoms with Gasteiger partial charge in [0.2, 0.25) is 0 Å². The van der Waals surface area contributed by atoms with Gasteiger partial charge in [0.1, 0.15) is 0 Å². The number of rotatable bonds is 5. The van der Waals surface area contributed by atoms with Crippen molar-refractivity contribution in [3.63, 3.8) is 0 Å². The molecule has 1 saturated carbocycles. The summed E-state index contributed by atoms with van der Waals surface area (Å²) in [4.78, 5) is 2.75. The molecule has 0 aromatic heterocycles. The Labute approximate surface area is 132 Å². The van der Waals surface area contributed by atoms with E-state index in [0.717, 1.165) is 30.5 Å². The van der Waals surface area contributed by atoms with Gasteiger partial charge in [0.15, 0.2) is 0 Å². The largest absolute Gasteiger partial charge is 0.311 e. The molecule has 1 heterocycles. The van der Waals surface area contributed by atoms with Crippen LogP contribution in [0.2, 0.25) is 0 Å². The summed E-state index contributed by atoms with van der Waals surface area (Å²) in [7, 11) is 0. The van der Waals surface area contributed by atoms with Gasteiger partial charge in [-0.1, -0.05) is 44.8 Å². The van der Waals surface area contributed by atoms with Crippen LogP contribution in [0.4, 0.5) is 0 Å². The fraction of sp³-hybridized carbons (Fsp3) is 0.895. The normalized spacial score (nSPS) is 28.8. The third-order valence-electron chi connectivity index (χ3n) is 5.26. The molecule has 1 saturated heterocycles. The molecule has 122 valence electrons. The maximum Gasteiger partial charge on any atom is 0.0227 e. The van der Waals surface area contributed by atoms with Crippen LogP contribution in [0, 0.1) is 11.8 Å². The Bertz CT molecular complexity index is 324. The average Bonchev–Trinajstić information content (AvgIpc) is 2.46. The van der Waals surface area contributed by atoms with Gasteiger partial charge < -0.3 is 5.32 Å². The summed E-state index contributed by atoms with van der Waals surface area (Å²) in [5, 5.41) is 3.90. The molecule has 1 aliphatic carbocycles. The maximum atomic E-state index is 3.90. The highest BCUT2D eigenvalue weighted by Gasteiger charge is 2.32. The minimum Gasteiger partial charge on any atom is -0.311 e. The first-order valence-electron chi connectivity index (χ1n) is 9.17. The number of hydrogen-bond donors (Lipinski definition) is 1. The topological polar surface area (TPSA) is 15.3 Å². The standard InChI is InChI=1S/C19H36N2/c1-15(2)10-11-21-14-19(17-8-6-5-7-9-17)20-13-18(21)12-16(3)4/h10,16-20H,5-9,11-14H2,1-4H3. The van der Waals surface area contributed by atoms with Gasteiger partial charge in [0.25, 0.3) is 0 Å². The number of allylic oxidation sites excluding steroid dienone is 1. The van der Waals surface area contributed by atoms with E-state index < -0.39 is 0 Å². The van der Waals surface area contributed by atoms with Crippen LogP contribution >= 0.6 is 0 Å². The lowest BCUT2D eigenvalue weighted by molar-refractivity contribution is 0.0948. The van der Waals surface area contributed by atoms with E-state index in [0.29, 0.717) is 0 Å². The molecule has 21 heavy (non-hydrogen) atoms. The number of hydrogen-bond acceptors (Lipinski definition) is 2. The van der Waals surface area contributed by atoms with Crippen molar-refractivity contribution in [2.45, 2.75) is 78.3 Å². The van der Waals surface area contributed by atoms with Crippen LogP contribution in [-0.2, 0) is 0 Å². The van der Waals surface area contributed by atoms with Gasteiger partial charge in [-0.15, -0.1) is 0 Å². The second-order valence-electron chi connectivity index (χ2n) is 7.93. The van der Waals surface area contributed by atoms with Crippen molar-refractivity contribution in [2.75, 3.05) is 19.6 Å². The van der Waals surface area contributed by atoms with Crippen LogP contribution in [0.5, 0.6) is 0 Å². The minimum atomic E-state index is 0.723. The van der Waals surface area contributed by atoms with E-state index in [1.165, 1.54) is 57.2 Å². The second kappa shape index (κ2) is 8.33. The van der Waals surface area contributed by atoms with Crippen LogP contribution in [0.15, 0.2) is 11.6 Å². The lowest BCUT2D eigenvalue weighted by Crippen LogP contribution is -2.59. The van der Waals surface area contributed by atoms with Gasteiger partial charge in [-0.25, -0.2) is 0 Å². The minimum absolute atomic E-state index is 0.723. The van der Waals surface area contributed by atoms with Crippen LogP contribution in [0.25, 0.3) is 0 Å². The summed E-state index contributed by atoms with van der Waals surface area (Å²) in [6.07, 6.45) is 11.0. The number of nitrogens with zero attached hydrogens (tertiary/aromatic N) is 1. The second-order valence-corrected chi connectivity index (χ2v) is 7.93. The van der Waals surface area contributed by atoms with E-state index in [9.17, 15) is 0 Å². The fourth-order valence-electron chi connectivity index (χ4n) is 4.04. The molecule has 0 aromatic carbocycles. The van der Waals surface area contributed by atoms with Crippen molar-refractivity contribution >= 4 is 0 Å². The molecule has 2 atom stereocenters. The van der Waals surface area contributed by atoms with E-state index in [2.05, 4.69) is 44.0 Å². The summed E-state index contributed by atoms with van der Waals surface area (Å²) < 4.78 is 0. The predicted molar refractivity (Wildman–Crippen MR) is 92.6 cm³/mol. The highest BCUT2D eigenvalue weighted by Crippen LogP contribution is 2.29. The Morgan fingerprint density at radius 3 is 2.52 bits per heavy atom. The van der Waals surface area contributed by atoms with Gasteiger partial charge in [-0.05, 0) is 44.9 Å². The molecule has 1 aliphatic heterocycles. The zero-order valence-corrected chi connectivity index (χ0v) is 14.7. The third kappa shape index (κ3) is 5.41. The Balaban J connectivity index is 1.95. The summed E-state index contributed by atoms with van der Waals surface area (Å²) in [6, 6.07) is 1.46. The average molecular weight is 293 g/mol. The van der Waals surface area contributed by atoms with E-state index >= 15 is 0 Å². The molecular formula is C19H36N2. The van der Waals surface area contributed by atoms with Crippen molar-refractivity contribution < 1.29 is 0 Å². The molecule has 0 bridgehead atoms. The van der Waals surface area contributed by atoms with Crippen LogP contribution in [0.1, 0.15) is 66.2 Å². The molecule has 1 N–H and O–H groups in total. The lowest BCUT2D eigenvalue weighted by atomic mass is 9.82. The van der Waals surface area contributed by atoms with E-state index in [1.807, 2.05) is 0 Å². The predicted octanol–water partition coefficient (Wildman–Crippen LogP) is 4.22. The highest BCUT2D eigenvalue weighted by molar-refractivity contribution is 4.99. The van der Waals surface area contributed by atoms with Gasteiger partial charge in [0.05, 0.1) is 0 Å². The smallest absolute Gasteiger partial charge is 0.0227 e. The Hall–Kier alpha value is -0.340. The first-order chi connectivity index (χ1) is 10.1. The van der Waals surface area contributed by atoms with Gasteiger partial charge in [-0.3, -0.25) is 4.90 Å². The zero-order valence-electron chi connectivity index (χ0n) is 14.7. The highest BCUT2D eigenvalue weighted by atomic mass is 15.2. The van der Waals surface area contributed by atoms with Crippen LogP contribution in [0.3, 0.4) is 0 Å². The molecule has 2 unspecified atom stereocenters. The molecule has 0 radical (unpaired) electrons. The summed E-state index contributed by atoms with van der Waals surface area (Å²) in [5.74, 6) is 1.71. The van der Waals surface area contributed by atoms with Gasteiger partial charge >= 0.3 is 0 Å². The lowest BCUT2D eigenvalue weighted by Gasteiger charge is -2.44. The molecule has 2 fully saturated rings. The molecule has 2 heteroatoms. The van der Waals surface area contributed by atoms with Gasteiger partial charge in [0, 0.05) is 31.7 Å². The van der Waals surface area contributed by atoms with Crippen molar-refractivity contribution in [1.82, 2.24) is 10.2 Å². The van der Waals surface area contributed by atoms with Gasteiger partial charge in [-0.2, -0.15) is 0 Å². The summed E-state index contributed by atoms with van der Waals surface area (Å²) >= 11 is 0.